The maximum atomic E-state index is 13.2. The van der Waals surface area contributed by atoms with Crippen molar-refractivity contribution in [3.05, 3.63) is 71.5 Å². The van der Waals surface area contributed by atoms with Crippen LogP contribution in [-0.2, 0) is 25.7 Å². The number of carbonyl (C=O) groups is 3. The van der Waals surface area contributed by atoms with Crippen LogP contribution in [0.3, 0.4) is 0 Å². The molecule has 1 aliphatic heterocycles. The zero-order valence-electron chi connectivity index (χ0n) is 14.2. The van der Waals surface area contributed by atoms with Crippen molar-refractivity contribution in [1.29, 1.82) is 0 Å². The van der Waals surface area contributed by atoms with Gasteiger partial charge in [-0.25, -0.2) is 4.39 Å². The number of halogens is 1. The fraction of sp³-hybridized carbons (Fsp3) is 0.250. The molecular weight excluding hydrogens is 337 g/mol. The fourth-order valence-corrected chi connectivity index (χ4v) is 3.22. The number of benzene rings is 2. The SMILES string of the molecule is COC(=O)[C@@H]1C(=O)N(Cc2ccccc2)C(=O)C[C@H]1c1ccc(F)cc1. The van der Waals surface area contributed by atoms with Crippen LogP contribution >= 0.6 is 0 Å². The summed E-state index contributed by atoms with van der Waals surface area (Å²) in [7, 11) is 1.20. The standard InChI is InChI=1S/C20H18FNO4/c1-26-20(25)18-16(14-7-9-15(21)10-8-14)11-17(23)22(19(18)24)12-13-5-3-2-4-6-13/h2-10,16,18H,11-12H2,1H3/t16-,18-/m0/s1. The predicted octanol–water partition coefficient (Wildman–Crippen LogP) is 2.66. The van der Waals surface area contributed by atoms with E-state index in [0.29, 0.717) is 5.56 Å². The molecule has 0 bridgehead atoms. The third-order valence-electron chi connectivity index (χ3n) is 4.57. The van der Waals surface area contributed by atoms with Gasteiger partial charge in [0.25, 0.3) is 0 Å². The third kappa shape index (κ3) is 3.49. The number of hydrogen-bond acceptors (Lipinski definition) is 4. The van der Waals surface area contributed by atoms with Crippen molar-refractivity contribution in [3.8, 4) is 0 Å². The first-order chi connectivity index (χ1) is 12.5. The first-order valence-electron chi connectivity index (χ1n) is 8.22. The molecule has 134 valence electrons. The highest BCUT2D eigenvalue weighted by atomic mass is 19.1. The van der Waals surface area contributed by atoms with E-state index in [-0.39, 0.29) is 18.9 Å². The second-order valence-corrected chi connectivity index (χ2v) is 6.17. The van der Waals surface area contributed by atoms with Crippen LogP contribution in [0.15, 0.2) is 54.6 Å². The van der Waals surface area contributed by atoms with Crippen LogP contribution in [0.2, 0.25) is 0 Å². The summed E-state index contributed by atoms with van der Waals surface area (Å²) < 4.78 is 18.0. The average molecular weight is 355 g/mol. The molecule has 0 radical (unpaired) electrons. The molecule has 0 N–H and O–H groups in total. The van der Waals surface area contributed by atoms with E-state index in [2.05, 4.69) is 0 Å². The monoisotopic (exact) mass is 355 g/mol. The summed E-state index contributed by atoms with van der Waals surface area (Å²) >= 11 is 0. The highest BCUT2D eigenvalue weighted by Gasteiger charge is 2.46. The van der Waals surface area contributed by atoms with Gasteiger partial charge in [-0.15, -0.1) is 0 Å². The van der Waals surface area contributed by atoms with Gasteiger partial charge in [0.2, 0.25) is 11.8 Å². The molecule has 1 saturated heterocycles. The van der Waals surface area contributed by atoms with Gasteiger partial charge in [0.1, 0.15) is 11.7 Å². The summed E-state index contributed by atoms with van der Waals surface area (Å²) in [6.07, 6.45) is -0.0238. The molecule has 6 heteroatoms. The van der Waals surface area contributed by atoms with Crippen molar-refractivity contribution >= 4 is 17.8 Å². The zero-order valence-corrected chi connectivity index (χ0v) is 14.2. The third-order valence-corrected chi connectivity index (χ3v) is 4.57. The minimum absolute atomic E-state index is 0.0238. The van der Waals surface area contributed by atoms with E-state index in [1.807, 2.05) is 18.2 Å². The van der Waals surface area contributed by atoms with E-state index in [9.17, 15) is 18.8 Å². The quantitative estimate of drug-likeness (QED) is 0.481. The summed E-state index contributed by atoms with van der Waals surface area (Å²) in [5.41, 5.74) is 1.35. The van der Waals surface area contributed by atoms with E-state index >= 15 is 0 Å². The van der Waals surface area contributed by atoms with Gasteiger partial charge in [0.05, 0.1) is 13.7 Å². The molecule has 2 aromatic carbocycles. The smallest absolute Gasteiger partial charge is 0.318 e. The molecule has 1 aliphatic rings. The van der Waals surface area contributed by atoms with Crippen LogP contribution < -0.4 is 0 Å². The van der Waals surface area contributed by atoms with Gasteiger partial charge in [0.15, 0.2) is 0 Å². The van der Waals surface area contributed by atoms with Crippen molar-refractivity contribution < 1.29 is 23.5 Å². The summed E-state index contributed by atoms with van der Waals surface area (Å²) in [6.45, 7) is 0.0993. The van der Waals surface area contributed by atoms with Crippen molar-refractivity contribution in [3.63, 3.8) is 0 Å². The molecule has 0 aromatic heterocycles. The molecule has 0 saturated carbocycles. The van der Waals surface area contributed by atoms with Gasteiger partial charge >= 0.3 is 5.97 Å². The number of imide groups is 1. The Kier molecular flexibility index (Phi) is 5.11. The topological polar surface area (TPSA) is 63.7 Å². The Morgan fingerprint density at radius 2 is 1.77 bits per heavy atom. The van der Waals surface area contributed by atoms with E-state index in [1.54, 1.807) is 12.1 Å². The zero-order chi connectivity index (χ0) is 18.7. The van der Waals surface area contributed by atoms with Gasteiger partial charge in [-0.05, 0) is 23.3 Å². The number of rotatable bonds is 4. The molecule has 5 nitrogen and oxygen atoms in total. The number of carbonyl (C=O) groups excluding carboxylic acids is 3. The first-order valence-corrected chi connectivity index (χ1v) is 8.22. The summed E-state index contributed by atoms with van der Waals surface area (Å²) in [5, 5.41) is 0. The minimum Gasteiger partial charge on any atom is -0.468 e. The average Bonchev–Trinajstić information content (AvgIpc) is 2.65. The lowest BCUT2D eigenvalue weighted by Crippen LogP contribution is -2.50. The predicted molar refractivity (Wildman–Crippen MR) is 91.3 cm³/mol. The van der Waals surface area contributed by atoms with Gasteiger partial charge in [0, 0.05) is 12.3 Å². The summed E-state index contributed by atoms with van der Waals surface area (Å²) in [6, 6.07) is 14.5. The highest BCUT2D eigenvalue weighted by molar-refractivity contribution is 6.08. The number of esters is 1. The van der Waals surface area contributed by atoms with Gasteiger partial charge < -0.3 is 4.74 Å². The molecule has 1 fully saturated rings. The molecule has 2 atom stereocenters. The Morgan fingerprint density at radius 1 is 1.12 bits per heavy atom. The molecular formula is C20H18FNO4. The number of nitrogens with zero attached hydrogens (tertiary/aromatic N) is 1. The lowest BCUT2D eigenvalue weighted by atomic mass is 9.79. The Morgan fingerprint density at radius 3 is 2.38 bits per heavy atom. The molecule has 2 amide bonds. The maximum Gasteiger partial charge on any atom is 0.318 e. The second-order valence-electron chi connectivity index (χ2n) is 6.17. The first kappa shape index (κ1) is 17.8. The lowest BCUT2D eigenvalue weighted by Gasteiger charge is -2.35. The molecule has 3 rings (SSSR count). The van der Waals surface area contributed by atoms with Crippen LogP contribution in [0.5, 0.6) is 0 Å². The van der Waals surface area contributed by atoms with Crippen molar-refractivity contribution in [2.24, 2.45) is 5.92 Å². The van der Waals surface area contributed by atoms with E-state index in [0.717, 1.165) is 10.5 Å². The molecule has 1 heterocycles. The molecule has 0 aliphatic carbocycles. The number of methoxy groups -OCH3 is 1. The largest absolute Gasteiger partial charge is 0.468 e. The molecule has 0 unspecified atom stereocenters. The van der Waals surface area contributed by atoms with Crippen LogP contribution in [-0.4, -0.2) is 29.8 Å². The second kappa shape index (κ2) is 7.47. The van der Waals surface area contributed by atoms with E-state index in [4.69, 9.17) is 4.74 Å². The molecule has 26 heavy (non-hydrogen) atoms. The number of amides is 2. The normalized spacial score (nSPS) is 20.2. The van der Waals surface area contributed by atoms with Crippen LogP contribution in [0.4, 0.5) is 4.39 Å². The van der Waals surface area contributed by atoms with Crippen LogP contribution in [0.25, 0.3) is 0 Å². The lowest BCUT2D eigenvalue weighted by molar-refractivity contribution is -0.162. The fourth-order valence-electron chi connectivity index (χ4n) is 3.22. The van der Waals surface area contributed by atoms with E-state index < -0.39 is 29.5 Å². The van der Waals surface area contributed by atoms with Crippen molar-refractivity contribution in [1.82, 2.24) is 4.90 Å². The summed E-state index contributed by atoms with van der Waals surface area (Å²) in [5.74, 6) is -3.89. The van der Waals surface area contributed by atoms with Gasteiger partial charge in [-0.3, -0.25) is 19.3 Å². The van der Waals surface area contributed by atoms with Gasteiger partial charge in [-0.2, -0.15) is 0 Å². The highest BCUT2D eigenvalue weighted by Crippen LogP contribution is 2.36. The number of likely N-dealkylation sites (tertiary alicyclic amines) is 1. The van der Waals surface area contributed by atoms with Crippen LogP contribution in [0, 0.1) is 11.7 Å². The maximum absolute atomic E-state index is 13.2. The van der Waals surface area contributed by atoms with Crippen molar-refractivity contribution in [2.75, 3.05) is 7.11 Å². The minimum atomic E-state index is -1.13. The van der Waals surface area contributed by atoms with Crippen molar-refractivity contribution in [2.45, 2.75) is 18.9 Å². The Bertz CT molecular complexity index is 819. The Balaban J connectivity index is 1.92. The van der Waals surface area contributed by atoms with Crippen LogP contribution in [0.1, 0.15) is 23.5 Å². The van der Waals surface area contributed by atoms with E-state index in [1.165, 1.54) is 31.4 Å². The number of ether oxygens (including phenoxy) is 1. The Labute approximate surface area is 150 Å². The van der Waals surface area contributed by atoms with Gasteiger partial charge in [-0.1, -0.05) is 42.5 Å². The molecule has 0 spiro atoms. The summed E-state index contributed by atoms with van der Waals surface area (Å²) in [4.78, 5) is 38.9. The number of piperidine rings is 1. The Hall–Kier alpha value is -3.02. The number of hydrogen-bond donors (Lipinski definition) is 0. The molecule has 2 aromatic rings.